The molecule has 0 spiro atoms. The molecule has 1 saturated heterocycles. The number of aliphatic hydroxyl groups excluding tert-OH is 1. The maximum absolute atomic E-state index is 11.2. The highest BCUT2D eigenvalue weighted by molar-refractivity contribution is 5.92. The molecule has 1 aliphatic heterocycles. The van der Waals surface area contributed by atoms with Crippen LogP contribution in [0.15, 0.2) is 0 Å². The van der Waals surface area contributed by atoms with Gasteiger partial charge < -0.3 is 20.3 Å². The van der Waals surface area contributed by atoms with Crippen molar-refractivity contribution in [1.82, 2.24) is 5.32 Å². The first-order chi connectivity index (χ1) is 5.98. The van der Waals surface area contributed by atoms with Crippen LogP contribution in [0, 0.1) is 0 Å². The Morgan fingerprint density at radius 3 is 2.85 bits per heavy atom. The number of rotatable bonds is 2. The molecule has 1 aliphatic rings. The lowest BCUT2D eigenvalue weighted by Crippen LogP contribution is -2.61. The summed E-state index contributed by atoms with van der Waals surface area (Å²) in [5, 5.41) is 20.1. The second kappa shape index (κ2) is 3.31. The fourth-order valence-corrected chi connectivity index (χ4v) is 1.11. The number of amides is 1. The molecule has 1 fully saturated rings. The zero-order valence-corrected chi connectivity index (χ0v) is 7.11. The predicted molar refractivity (Wildman–Crippen MR) is 41.0 cm³/mol. The number of carbonyl (C=O) groups excluding carboxylic acids is 1. The summed E-state index contributed by atoms with van der Waals surface area (Å²) >= 11 is 0. The lowest BCUT2D eigenvalue weighted by molar-refractivity contribution is -0.183. The monoisotopic (exact) mass is 189 g/mol. The SMILES string of the molecule is C[C@]1(C(O)C(=O)O)OCCNC1=O. The van der Waals surface area contributed by atoms with Crippen LogP contribution in [0.4, 0.5) is 0 Å². The summed E-state index contributed by atoms with van der Waals surface area (Å²) in [7, 11) is 0. The summed E-state index contributed by atoms with van der Waals surface area (Å²) in [6.07, 6.45) is -1.84. The van der Waals surface area contributed by atoms with E-state index in [4.69, 9.17) is 9.84 Å². The van der Waals surface area contributed by atoms with Crippen molar-refractivity contribution in [1.29, 1.82) is 0 Å². The number of nitrogens with one attached hydrogen (secondary N) is 1. The molecule has 74 valence electrons. The first-order valence-corrected chi connectivity index (χ1v) is 3.81. The molecule has 13 heavy (non-hydrogen) atoms. The highest BCUT2D eigenvalue weighted by Gasteiger charge is 2.47. The molecule has 0 radical (unpaired) electrons. The molecule has 2 atom stereocenters. The van der Waals surface area contributed by atoms with Gasteiger partial charge in [0.2, 0.25) is 0 Å². The molecule has 1 amide bonds. The predicted octanol–water partition coefficient (Wildman–Crippen LogP) is -1.66. The van der Waals surface area contributed by atoms with Crippen molar-refractivity contribution in [3.63, 3.8) is 0 Å². The van der Waals surface area contributed by atoms with E-state index in [0.717, 1.165) is 0 Å². The molecule has 0 aliphatic carbocycles. The molecule has 0 aromatic rings. The van der Waals surface area contributed by atoms with Gasteiger partial charge in [-0.3, -0.25) is 4.79 Å². The summed E-state index contributed by atoms with van der Waals surface area (Å²) in [6, 6.07) is 0. The van der Waals surface area contributed by atoms with Gasteiger partial charge in [0.25, 0.3) is 5.91 Å². The van der Waals surface area contributed by atoms with Crippen LogP contribution in [0.2, 0.25) is 0 Å². The second-order valence-electron chi connectivity index (χ2n) is 2.95. The van der Waals surface area contributed by atoms with Crippen molar-refractivity contribution >= 4 is 11.9 Å². The number of morpholine rings is 1. The van der Waals surface area contributed by atoms with E-state index in [1.165, 1.54) is 6.92 Å². The minimum atomic E-state index is -1.84. The van der Waals surface area contributed by atoms with Crippen LogP contribution in [0.25, 0.3) is 0 Å². The van der Waals surface area contributed by atoms with E-state index >= 15 is 0 Å². The second-order valence-corrected chi connectivity index (χ2v) is 2.95. The van der Waals surface area contributed by atoms with Crippen LogP contribution in [0.5, 0.6) is 0 Å². The Labute approximate surface area is 74.5 Å². The van der Waals surface area contributed by atoms with Gasteiger partial charge in [-0.2, -0.15) is 0 Å². The van der Waals surface area contributed by atoms with Crippen molar-refractivity contribution in [2.75, 3.05) is 13.2 Å². The smallest absolute Gasteiger partial charge is 0.336 e. The Hall–Kier alpha value is -1.14. The van der Waals surface area contributed by atoms with E-state index in [1.54, 1.807) is 0 Å². The third-order valence-electron chi connectivity index (χ3n) is 2.00. The maximum atomic E-state index is 11.2. The number of aliphatic carboxylic acids is 1. The quantitative estimate of drug-likeness (QED) is 0.483. The first kappa shape index (κ1) is 9.94. The van der Waals surface area contributed by atoms with Gasteiger partial charge in [-0.1, -0.05) is 0 Å². The Morgan fingerprint density at radius 2 is 2.38 bits per heavy atom. The number of carboxylic acids is 1. The molecular weight excluding hydrogens is 178 g/mol. The molecule has 0 bridgehead atoms. The molecule has 0 aromatic carbocycles. The number of ether oxygens (including phenoxy) is 1. The van der Waals surface area contributed by atoms with Gasteiger partial charge in [-0.15, -0.1) is 0 Å². The van der Waals surface area contributed by atoms with Crippen molar-refractivity contribution < 1.29 is 24.5 Å². The van der Waals surface area contributed by atoms with E-state index in [2.05, 4.69) is 5.32 Å². The number of carboxylic acid groups (broad SMARTS) is 1. The highest BCUT2D eigenvalue weighted by atomic mass is 16.5. The molecule has 1 heterocycles. The largest absolute Gasteiger partial charge is 0.479 e. The Balaban J connectivity index is 2.83. The summed E-state index contributed by atoms with van der Waals surface area (Å²) < 4.78 is 4.96. The van der Waals surface area contributed by atoms with E-state index < -0.39 is 23.6 Å². The summed E-state index contributed by atoms with van der Waals surface area (Å²) in [6.45, 7) is 1.79. The van der Waals surface area contributed by atoms with Crippen molar-refractivity contribution in [2.24, 2.45) is 0 Å². The molecule has 6 nitrogen and oxygen atoms in total. The third kappa shape index (κ3) is 1.63. The van der Waals surface area contributed by atoms with Gasteiger partial charge in [-0.25, -0.2) is 4.79 Å². The number of hydrogen-bond donors (Lipinski definition) is 3. The Bertz CT molecular complexity index is 241. The molecule has 0 saturated carbocycles. The minimum Gasteiger partial charge on any atom is -0.479 e. The zero-order valence-electron chi connectivity index (χ0n) is 7.11. The molecule has 3 N–H and O–H groups in total. The maximum Gasteiger partial charge on any atom is 0.336 e. The number of carbonyl (C=O) groups is 2. The van der Waals surface area contributed by atoms with Crippen molar-refractivity contribution in [3.05, 3.63) is 0 Å². The van der Waals surface area contributed by atoms with E-state index in [9.17, 15) is 14.7 Å². The van der Waals surface area contributed by atoms with Crippen molar-refractivity contribution in [2.45, 2.75) is 18.6 Å². The van der Waals surface area contributed by atoms with Crippen LogP contribution in [-0.4, -0.2) is 46.9 Å². The van der Waals surface area contributed by atoms with Gasteiger partial charge in [0.05, 0.1) is 6.61 Å². The fourth-order valence-electron chi connectivity index (χ4n) is 1.11. The molecule has 1 rings (SSSR count). The van der Waals surface area contributed by atoms with E-state index in [-0.39, 0.29) is 6.61 Å². The lowest BCUT2D eigenvalue weighted by atomic mass is 9.96. The van der Waals surface area contributed by atoms with E-state index in [1.807, 2.05) is 0 Å². The van der Waals surface area contributed by atoms with Gasteiger partial charge >= 0.3 is 5.97 Å². The lowest BCUT2D eigenvalue weighted by Gasteiger charge is -2.34. The van der Waals surface area contributed by atoms with Gasteiger partial charge in [-0.05, 0) is 6.92 Å². The summed E-state index contributed by atoms with van der Waals surface area (Å²) in [5.74, 6) is -2.08. The summed E-state index contributed by atoms with van der Waals surface area (Å²) in [5.41, 5.74) is -1.68. The van der Waals surface area contributed by atoms with Crippen LogP contribution >= 0.6 is 0 Å². The fraction of sp³-hybridized carbons (Fsp3) is 0.714. The highest BCUT2D eigenvalue weighted by Crippen LogP contribution is 2.18. The molecular formula is C7H11NO5. The Morgan fingerprint density at radius 1 is 1.77 bits per heavy atom. The van der Waals surface area contributed by atoms with Crippen molar-refractivity contribution in [3.8, 4) is 0 Å². The van der Waals surface area contributed by atoms with Crippen LogP contribution in [-0.2, 0) is 14.3 Å². The topological polar surface area (TPSA) is 95.9 Å². The average molecular weight is 189 g/mol. The first-order valence-electron chi connectivity index (χ1n) is 3.81. The average Bonchev–Trinajstić information content (AvgIpc) is 2.09. The van der Waals surface area contributed by atoms with Crippen LogP contribution in [0.3, 0.4) is 0 Å². The van der Waals surface area contributed by atoms with E-state index in [0.29, 0.717) is 6.54 Å². The zero-order chi connectivity index (χ0) is 10.1. The van der Waals surface area contributed by atoms with Gasteiger partial charge in [0, 0.05) is 6.54 Å². The molecule has 1 unspecified atom stereocenters. The number of aliphatic hydroxyl groups is 1. The molecule has 6 heteroatoms. The van der Waals surface area contributed by atoms with Gasteiger partial charge in [0.15, 0.2) is 11.7 Å². The minimum absolute atomic E-state index is 0.201. The normalized spacial score (nSPS) is 30.8. The van der Waals surface area contributed by atoms with Crippen LogP contribution < -0.4 is 5.32 Å². The van der Waals surface area contributed by atoms with Crippen LogP contribution in [0.1, 0.15) is 6.92 Å². The Kier molecular flexibility index (Phi) is 2.53. The standard InChI is InChI=1S/C7H11NO5/c1-7(4(9)5(10)11)6(12)8-2-3-13-7/h4,9H,2-3H2,1H3,(H,8,12)(H,10,11)/t4?,7-/m1/s1. The number of hydrogen-bond acceptors (Lipinski definition) is 4. The third-order valence-corrected chi connectivity index (χ3v) is 2.00. The summed E-state index contributed by atoms with van der Waals surface area (Å²) in [4.78, 5) is 21.6. The van der Waals surface area contributed by atoms with Gasteiger partial charge in [0.1, 0.15) is 0 Å². The molecule has 0 aromatic heterocycles.